The molecule has 0 fully saturated rings. The van der Waals surface area contributed by atoms with Gasteiger partial charge in [-0.25, -0.2) is 0 Å². The Morgan fingerprint density at radius 3 is 1.85 bits per heavy atom. The van der Waals surface area contributed by atoms with Crippen LogP contribution in [0.5, 0.6) is 17.2 Å². The van der Waals surface area contributed by atoms with Gasteiger partial charge in [-0.3, -0.25) is 4.79 Å². The van der Waals surface area contributed by atoms with Gasteiger partial charge in [-0.05, 0) is 0 Å². The van der Waals surface area contributed by atoms with E-state index in [9.17, 15) is 4.79 Å². The highest BCUT2D eigenvalue weighted by Crippen LogP contribution is 2.35. The highest BCUT2D eigenvalue weighted by atomic mass is 16.5. The van der Waals surface area contributed by atoms with Crippen molar-refractivity contribution < 1.29 is 19.0 Å². The van der Waals surface area contributed by atoms with Crippen LogP contribution in [-0.4, -0.2) is 27.1 Å². The minimum atomic E-state index is -0.151. The van der Waals surface area contributed by atoms with Gasteiger partial charge in [0.1, 0.15) is 22.8 Å². The molecule has 0 spiro atoms. The number of hydrogen-bond acceptors (Lipinski definition) is 4. The fourth-order valence-electron chi connectivity index (χ4n) is 1.96. The Morgan fingerprint density at radius 2 is 1.40 bits per heavy atom. The quantitative estimate of drug-likeness (QED) is 0.785. The molecule has 2 aromatic rings. The average molecular weight is 272 g/mol. The standard InChI is InChI=1S/C16H16O4/c1-18-12-9-13(19-2)15(14(10-12)20-3)16(17)11-7-5-4-6-8-11/h4-10H,1-3H3. The lowest BCUT2D eigenvalue weighted by Gasteiger charge is -2.14. The van der Waals surface area contributed by atoms with Crippen LogP contribution in [-0.2, 0) is 0 Å². The lowest BCUT2D eigenvalue weighted by Crippen LogP contribution is -2.07. The summed E-state index contributed by atoms with van der Waals surface area (Å²) < 4.78 is 15.8. The molecule has 0 aromatic heterocycles. The number of rotatable bonds is 5. The number of ether oxygens (including phenoxy) is 3. The van der Waals surface area contributed by atoms with Crippen molar-refractivity contribution in [3.05, 3.63) is 53.6 Å². The van der Waals surface area contributed by atoms with Crippen LogP contribution in [0.2, 0.25) is 0 Å². The smallest absolute Gasteiger partial charge is 0.200 e. The van der Waals surface area contributed by atoms with E-state index in [-0.39, 0.29) is 5.78 Å². The van der Waals surface area contributed by atoms with Crippen LogP contribution in [0.4, 0.5) is 0 Å². The maximum Gasteiger partial charge on any atom is 0.200 e. The molecule has 0 atom stereocenters. The van der Waals surface area contributed by atoms with E-state index in [1.54, 1.807) is 31.4 Å². The Morgan fingerprint density at radius 1 is 0.850 bits per heavy atom. The van der Waals surface area contributed by atoms with Gasteiger partial charge in [0.2, 0.25) is 5.78 Å². The van der Waals surface area contributed by atoms with Crippen molar-refractivity contribution in [3.63, 3.8) is 0 Å². The number of carbonyl (C=O) groups is 1. The Hall–Kier alpha value is -2.49. The van der Waals surface area contributed by atoms with Crippen LogP contribution in [0.25, 0.3) is 0 Å². The summed E-state index contributed by atoms with van der Waals surface area (Å²) in [6, 6.07) is 12.3. The zero-order chi connectivity index (χ0) is 14.5. The van der Waals surface area contributed by atoms with E-state index in [1.165, 1.54) is 14.2 Å². The Labute approximate surface area is 117 Å². The molecule has 2 aromatic carbocycles. The summed E-state index contributed by atoms with van der Waals surface area (Å²) >= 11 is 0. The molecule has 0 unspecified atom stereocenters. The van der Waals surface area contributed by atoms with Crippen molar-refractivity contribution in [2.75, 3.05) is 21.3 Å². The molecule has 0 bridgehead atoms. The van der Waals surface area contributed by atoms with Crippen LogP contribution >= 0.6 is 0 Å². The molecule has 0 heterocycles. The first-order chi connectivity index (χ1) is 9.71. The molecule has 104 valence electrons. The molecule has 4 nitrogen and oxygen atoms in total. The lowest BCUT2D eigenvalue weighted by molar-refractivity contribution is 0.103. The third-order valence-electron chi connectivity index (χ3n) is 2.98. The van der Waals surface area contributed by atoms with Gasteiger partial charge in [0, 0.05) is 17.7 Å². The highest BCUT2D eigenvalue weighted by molar-refractivity contribution is 6.12. The molecule has 20 heavy (non-hydrogen) atoms. The molecule has 0 N–H and O–H groups in total. The van der Waals surface area contributed by atoms with Gasteiger partial charge >= 0.3 is 0 Å². The van der Waals surface area contributed by atoms with E-state index in [4.69, 9.17) is 14.2 Å². The Balaban J connectivity index is 2.57. The normalized spacial score (nSPS) is 9.95. The van der Waals surface area contributed by atoms with Crippen molar-refractivity contribution >= 4 is 5.78 Å². The molecular formula is C16H16O4. The lowest BCUT2D eigenvalue weighted by atomic mass is 10.0. The summed E-state index contributed by atoms with van der Waals surface area (Å²) in [5, 5.41) is 0. The summed E-state index contributed by atoms with van der Waals surface area (Å²) in [7, 11) is 4.57. The van der Waals surface area contributed by atoms with Crippen LogP contribution in [0, 0.1) is 0 Å². The van der Waals surface area contributed by atoms with Crippen LogP contribution < -0.4 is 14.2 Å². The predicted octanol–water partition coefficient (Wildman–Crippen LogP) is 2.94. The fraction of sp³-hybridized carbons (Fsp3) is 0.188. The van der Waals surface area contributed by atoms with E-state index in [0.717, 1.165) is 0 Å². The maximum absolute atomic E-state index is 12.6. The number of ketones is 1. The second-order valence-electron chi connectivity index (χ2n) is 4.10. The van der Waals surface area contributed by atoms with E-state index in [0.29, 0.717) is 28.4 Å². The zero-order valence-corrected chi connectivity index (χ0v) is 11.7. The van der Waals surface area contributed by atoms with Crippen LogP contribution in [0.15, 0.2) is 42.5 Å². The van der Waals surface area contributed by atoms with Gasteiger partial charge < -0.3 is 14.2 Å². The fourth-order valence-corrected chi connectivity index (χ4v) is 1.96. The summed E-state index contributed by atoms with van der Waals surface area (Å²) in [4.78, 5) is 12.6. The summed E-state index contributed by atoms with van der Waals surface area (Å²) in [5.74, 6) is 1.27. The summed E-state index contributed by atoms with van der Waals surface area (Å²) in [6.07, 6.45) is 0. The molecule has 0 saturated carbocycles. The number of benzene rings is 2. The van der Waals surface area contributed by atoms with Gasteiger partial charge in [-0.1, -0.05) is 30.3 Å². The molecule has 0 saturated heterocycles. The van der Waals surface area contributed by atoms with Crippen molar-refractivity contribution in [3.8, 4) is 17.2 Å². The first kappa shape index (κ1) is 13.9. The third kappa shape index (κ3) is 2.59. The number of methoxy groups -OCH3 is 3. The van der Waals surface area contributed by atoms with Gasteiger partial charge in [-0.15, -0.1) is 0 Å². The Bertz CT molecular complexity index is 580. The van der Waals surface area contributed by atoms with Gasteiger partial charge in [-0.2, -0.15) is 0 Å². The first-order valence-corrected chi connectivity index (χ1v) is 6.11. The molecular weight excluding hydrogens is 256 g/mol. The highest BCUT2D eigenvalue weighted by Gasteiger charge is 2.21. The van der Waals surface area contributed by atoms with Crippen LogP contribution in [0.3, 0.4) is 0 Å². The second kappa shape index (κ2) is 6.10. The SMILES string of the molecule is COc1cc(OC)c(C(=O)c2ccccc2)c(OC)c1. The van der Waals surface area contributed by atoms with Gasteiger partial charge in [0.05, 0.1) is 21.3 Å². The van der Waals surface area contributed by atoms with Crippen molar-refractivity contribution in [1.29, 1.82) is 0 Å². The summed E-state index contributed by atoms with van der Waals surface area (Å²) in [6.45, 7) is 0. The van der Waals surface area contributed by atoms with Crippen molar-refractivity contribution in [2.45, 2.75) is 0 Å². The minimum Gasteiger partial charge on any atom is -0.496 e. The average Bonchev–Trinajstić information content (AvgIpc) is 2.53. The summed E-state index contributed by atoms with van der Waals surface area (Å²) in [5.41, 5.74) is 0.969. The first-order valence-electron chi connectivity index (χ1n) is 6.11. The molecule has 4 heteroatoms. The maximum atomic E-state index is 12.6. The topological polar surface area (TPSA) is 44.8 Å². The van der Waals surface area contributed by atoms with Crippen molar-refractivity contribution in [2.24, 2.45) is 0 Å². The van der Waals surface area contributed by atoms with Crippen molar-refractivity contribution in [1.82, 2.24) is 0 Å². The van der Waals surface area contributed by atoms with Gasteiger partial charge in [0.15, 0.2) is 0 Å². The van der Waals surface area contributed by atoms with E-state index in [1.807, 2.05) is 18.2 Å². The van der Waals surface area contributed by atoms with Crippen LogP contribution in [0.1, 0.15) is 15.9 Å². The molecule has 0 aliphatic heterocycles. The zero-order valence-electron chi connectivity index (χ0n) is 11.7. The van der Waals surface area contributed by atoms with E-state index >= 15 is 0 Å². The van der Waals surface area contributed by atoms with E-state index < -0.39 is 0 Å². The largest absolute Gasteiger partial charge is 0.496 e. The molecule has 0 radical (unpaired) electrons. The minimum absolute atomic E-state index is 0.151. The predicted molar refractivity (Wildman–Crippen MR) is 76.0 cm³/mol. The number of carbonyl (C=O) groups excluding carboxylic acids is 1. The third-order valence-corrected chi connectivity index (χ3v) is 2.98. The number of hydrogen-bond donors (Lipinski definition) is 0. The Kier molecular flexibility index (Phi) is 4.25. The molecule has 2 rings (SSSR count). The second-order valence-corrected chi connectivity index (χ2v) is 4.10. The molecule has 0 aliphatic carbocycles. The van der Waals surface area contributed by atoms with E-state index in [2.05, 4.69) is 0 Å². The monoisotopic (exact) mass is 272 g/mol. The molecule has 0 aliphatic rings. The van der Waals surface area contributed by atoms with Gasteiger partial charge in [0.25, 0.3) is 0 Å². The molecule has 0 amide bonds.